The molecule has 0 atom stereocenters. The van der Waals surface area contributed by atoms with Crippen LogP contribution in [0.5, 0.6) is 0 Å². The van der Waals surface area contributed by atoms with Crippen molar-refractivity contribution in [3.63, 3.8) is 0 Å². The molecule has 0 aliphatic heterocycles. The Labute approximate surface area is 123 Å². The quantitative estimate of drug-likeness (QED) is 0.822. The van der Waals surface area contributed by atoms with Crippen LogP contribution in [0.4, 0.5) is 10.1 Å². The summed E-state index contributed by atoms with van der Waals surface area (Å²) in [5, 5.41) is 5.75. The molecule has 1 amide bonds. The molecular formula is C15H19FN4O. The minimum Gasteiger partial charge on any atom is -0.382 e. The fourth-order valence-electron chi connectivity index (χ4n) is 1.96. The van der Waals surface area contributed by atoms with Crippen molar-refractivity contribution in [2.75, 3.05) is 18.4 Å². The van der Waals surface area contributed by atoms with Gasteiger partial charge in [0.1, 0.15) is 5.82 Å². The molecule has 5 nitrogen and oxygen atoms in total. The highest BCUT2D eigenvalue weighted by molar-refractivity contribution is 5.99. The van der Waals surface area contributed by atoms with Gasteiger partial charge in [-0.05, 0) is 18.6 Å². The van der Waals surface area contributed by atoms with Gasteiger partial charge in [0.2, 0.25) is 0 Å². The van der Waals surface area contributed by atoms with Gasteiger partial charge >= 0.3 is 0 Å². The van der Waals surface area contributed by atoms with Crippen molar-refractivity contribution in [3.05, 3.63) is 48.3 Å². The van der Waals surface area contributed by atoms with Crippen LogP contribution in [0.2, 0.25) is 0 Å². The molecule has 0 bridgehead atoms. The van der Waals surface area contributed by atoms with Crippen molar-refractivity contribution in [3.8, 4) is 0 Å². The van der Waals surface area contributed by atoms with E-state index in [0.29, 0.717) is 25.2 Å². The van der Waals surface area contributed by atoms with Crippen LogP contribution < -0.4 is 10.6 Å². The lowest BCUT2D eigenvalue weighted by Gasteiger charge is -2.12. The number of nitrogens with zero attached hydrogens (tertiary/aromatic N) is 2. The third-order valence-corrected chi connectivity index (χ3v) is 3.02. The van der Waals surface area contributed by atoms with Gasteiger partial charge in [-0.1, -0.05) is 13.0 Å². The average Bonchev–Trinajstić information content (AvgIpc) is 2.99. The maximum Gasteiger partial charge on any atom is 0.253 e. The number of amides is 1. The first-order chi connectivity index (χ1) is 10.2. The number of para-hydroxylation sites is 1. The smallest absolute Gasteiger partial charge is 0.253 e. The summed E-state index contributed by atoms with van der Waals surface area (Å²) in [6.45, 7) is 3.69. The maximum absolute atomic E-state index is 13.8. The second-order valence-electron chi connectivity index (χ2n) is 4.65. The van der Waals surface area contributed by atoms with E-state index >= 15 is 0 Å². The van der Waals surface area contributed by atoms with Crippen LogP contribution in [0.15, 0.2) is 36.9 Å². The highest BCUT2D eigenvalue weighted by atomic mass is 19.1. The number of aromatic nitrogens is 2. The van der Waals surface area contributed by atoms with Crippen LogP contribution in [-0.2, 0) is 6.54 Å². The van der Waals surface area contributed by atoms with E-state index in [1.54, 1.807) is 18.6 Å². The molecule has 1 aromatic carbocycles. The van der Waals surface area contributed by atoms with Crippen LogP contribution in [0, 0.1) is 5.82 Å². The molecule has 1 aromatic heterocycles. The Morgan fingerprint density at radius 1 is 1.38 bits per heavy atom. The topological polar surface area (TPSA) is 59.0 Å². The van der Waals surface area contributed by atoms with Crippen molar-refractivity contribution in [1.29, 1.82) is 0 Å². The number of rotatable bonds is 7. The van der Waals surface area contributed by atoms with Gasteiger partial charge < -0.3 is 15.2 Å². The second-order valence-corrected chi connectivity index (χ2v) is 4.65. The summed E-state index contributed by atoms with van der Waals surface area (Å²) >= 11 is 0. The normalized spacial score (nSPS) is 10.4. The fraction of sp³-hybridized carbons (Fsp3) is 0.333. The van der Waals surface area contributed by atoms with Gasteiger partial charge in [0.15, 0.2) is 0 Å². The van der Waals surface area contributed by atoms with E-state index in [-0.39, 0.29) is 11.6 Å². The zero-order valence-electron chi connectivity index (χ0n) is 12.0. The second kappa shape index (κ2) is 7.42. The molecule has 0 spiro atoms. The summed E-state index contributed by atoms with van der Waals surface area (Å²) in [5.41, 5.74) is 0.591. The van der Waals surface area contributed by atoms with Crippen LogP contribution in [-0.4, -0.2) is 28.5 Å². The highest BCUT2D eigenvalue weighted by Gasteiger charge is 2.14. The first kappa shape index (κ1) is 15.0. The molecule has 0 aliphatic rings. The van der Waals surface area contributed by atoms with Crippen molar-refractivity contribution >= 4 is 11.6 Å². The van der Waals surface area contributed by atoms with E-state index in [9.17, 15) is 9.18 Å². The van der Waals surface area contributed by atoms with Crippen molar-refractivity contribution < 1.29 is 9.18 Å². The number of hydrogen-bond donors (Lipinski definition) is 2. The third kappa shape index (κ3) is 4.05. The molecule has 112 valence electrons. The molecule has 1 heterocycles. The number of halogens is 1. The Morgan fingerprint density at radius 2 is 2.24 bits per heavy atom. The zero-order valence-corrected chi connectivity index (χ0v) is 12.0. The van der Waals surface area contributed by atoms with Crippen molar-refractivity contribution in [2.45, 2.75) is 19.9 Å². The molecule has 0 saturated heterocycles. The number of benzene rings is 1. The van der Waals surface area contributed by atoms with E-state index in [2.05, 4.69) is 15.6 Å². The standard InChI is InChI=1S/C15H19FN4O/c1-2-6-18-14-12(4-3-5-13(14)16)15(21)19-8-10-20-9-7-17-11-20/h3-5,7,9,11,18H,2,6,8,10H2,1H3,(H,19,21). The molecular weight excluding hydrogens is 271 g/mol. The molecule has 0 radical (unpaired) electrons. The summed E-state index contributed by atoms with van der Waals surface area (Å²) in [4.78, 5) is 16.1. The summed E-state index contributed by atoms with van der Waals surface area (Å²) in [5.74, 6) is -0.695. The van der Waals surface area contributed by atoms with Crippen LogP contribution >= 0.6 is 0 Å². The van der Waals surface area contributed by atoms with E-state index < -0.39 is 5.82 Å². The van der Waals surface area contributed by atoms with Gasteiger partial charge in [0.05, 0.1) is 17.6 Å². The molecule has 0 unspecified atom stereocenters. The monoisotopic (exact) mass is 290 g/mol. The third-order valence-electron chi connectivity index (χ3n) is 3.02. The molecule has 6 heteroatoms. The Balaban J connectivity index is 1.99. The highest BCUT2D eigenvalue weighted by Crippen LogP contribution is 2.19. The van der Waals surface area contributed by atoms with Crippen molar-refractivity contribution in [2.24, 2.45) is 0 Å². The van der Waals surface area contributed by atoms with Crippen molar-refractivity contribution in [1.82, 2.24) is 14.9 Å². The number of anilines is 1. The van der Waals surface area contributed by atoms with Crippen LogP contribution in [0.1, 0.15) is 23.7 Å². The van der Waals surface area contributed by atoms with Crippen LogP contribution in [0.3, 0.4) is 0 Å². The van der Waals surface area contributed by atoms with E-state index in [4.69, 9.17) is 0 Å². The first-order valence-corrected chi connectivity index (χ1v) is 6.98. The Kier molecular flexibility index (Phi) is 5.31. The summed E-state index contributed by atoms with van der Waals surface area (Å²) < 4.78 is 15.7. The van der Waals surface area contributed by atoms with Crippen LogP contribution in [0.25, 0.3) is 0 Å². The number of nitrogens with one attached hydrogen (secondary N) is 2. The summed E-state index contributed by atoms with van der Waals surface area (Å²) in [6.07, 6.45) is 6.04. The van der Waals surface area contributed by atoms with Gasteiger partial charge in [0.25, 0.3) is 5.91 Å². The first-order valence-electron chi connectivity index (χ1n) is 6.98. The fourth-order valence-corrected chi connectivity index (χ4v) is 1.96. The summed E-state index contributed by atoms with van der Waals surface area (Å²) in [7, 11) is 0. The molecule has 2 rings (SSSR count). The lowest BCUT2D eigenvalue weighted by molar-refractivity contribution is 0.0952. The molecule has 2 aromatic rings. The van der Waals surface area contributed by atoms with E-state index in [1.165, 1.54) is 12.1 Å². The number of hydrogen-bond acceptors (Lipinski definition) is 3. The Bertz CT molecular complexity index is 583. The SMILES string of the molecule is CCCNc1c(F)cccc1C(=O)NCCn1ccnc1. The van der Waals surface area contributed by atoms with E-state index in [1.807, 2.05) is 17.7 Å². The number of carbonyl (C=O) groups excluding carboxylic acids is 1. The predicted molar refractivity (Wildman–Crippen MR) is 79.7 cm³/mol. The molecule has 2 N–H and O–H groups in total. The molecule has 21 heavy (non-hydrogen) atoms. The van der Waals surface area contributed by atoms with Gasteiger partial charge in [-0.25, -0.2) is 9.37 Å². The maximum atomic E-state index is 13.8. The molecule has 0 aliphatic carbocycles. The zero-order chi connectivity index (χ0) is 15.1. The predicted octanol–water partition coefficient (Wildman–Crippen LogP) is 2.27. The average molecular weight is 290 g/mol. The van der Waals surface area contributed by atoms with Gasteiger partial charge in [0, 0.05) is 32.0 Å². The van der Waals surface area contributed by atoms with Gasteiger partial charge in [-0.15, -0.1) is 0 Å². The van der Waals surface area contributed by atoms with Gasteiger partial charge in [-0.2, -0.15) is 0 Å². The molecule has 0 saturated carbocycles. The Morgan fingerprint density at radius 3 is 2.95 bits per heavy atom. The minimum atomic E-state index is -0.411. The van der Waals surface area contributed by atoms with E-state index in [0.717, 1.165) is 6.42 Å². The number of imidazole rings is 1. The Hall–Kier alpha value is -2.37. The summed E-state index contributed by atoms with van der Waals surface area (Å²) in [6, 6.07) is 4.51. The minimum absolute atomic E-state index is 0.263. The lowest BCUT2D eigenvalue weighted by Crippen LogP contribution is -2.28. The largest absolute Gasteiger partial charge is 0.382 e. The number of carbonyl (C=O) groups is 1. The lowest BCUT2D eigenvalue weighted by atomic mass is 10.1. The molecule has 0 fully saturated rings. The van der Waals surface area contributed by atoms with Gasteiger partial charge in [-0.3, -0.25) is 4.79 Å².